The summed E-state index contributed by atoms with van der Waals surface area (Å²) in [5, 5.41) is 4.55. The molecule has 0 radical (unpaired) electrons. The standard InChI is InChI=1S/C16H20ClN5O2/c1-16(2,3)24-15(23)22-8-5-10-12(9-22)18-14(17)19-13(10)11-6-7-21(4)20-11/h6-7H,5,8-9H2,1-4H3. The van der Waals surface area contributed by atoms with Crippen LogP contribution in [0.5, 0.6) is 0 Å². The highest BCUT2D eigenvalue weighted by molar-refractivity contribution is 6.28. The minimum absolute atomic E-state index is 0.153. The van der Waals surface area contributed by atoms with E-state index in [1.807, 2.05) is 40.1 Å². The van der Waals surface area contributed by atoms with Crippen LogP contribution in [0.15, 0.2) is 12.3 Å². The van der Waals surface area contributed by atoms with Gasteiger partial charge in [-0.2, -0.15) is 5.10 Å². The number of halogens is 1. The maximum atomic E-state index is 12.3. The van der Waals surface area contributed by atoms with Crippen LogP contribution in [0.2, 0.25) is 5.28 Å². The maximum Gasteiger partial charge on any atom is 0.410 e. The lowest BCUT2D eigenvalue weighted by atomic mass is 10.0. The van der Waals surface area contributed by atoms with E-state index in [4.69, 9.17) is 16.3 Å². The highest BCUT2D eigenvalue weighted by atomic mass is 35.5. The van der Waals surface area contributed by atoms with E-state index in [9.17, 15) is 4.79 Å². The van der Waals surface area contributed by atoms with Crippen LogP contribution in [0.3, 0.4) is 0 Å². The number of rotatable bonds is 1. The van der Waals surface area contributed by atoms with E-state index in [0.717, 1.165) is 22.6 Å². The number of carbonyl (C=O) groups is 1. The third-order valence-corrected chi connectivity index (χ3v) is 3.81. The van der Waals surface area contributed by atoms with Gasteiger partial charge in [-0.25, -0.2) is 14.8 Å². The molecule has 0 atom stereocenters. The van der Waals surface area contributed by atoms with E-state index >= 15 is 0 Å². The van der Waals surface area contributed by atoms with Crippen LogP contribution in [0.25, 0.3) is 11.4 Å². The Kier molecular flexibility index (Phi) is 4.21. The lowest BCUT2D eigenvalue weighted by Gasteiger charge is -2.31. The van der Waals surface area contributed by atoms with Crippen LogP contribution in [0, 0.1) is 0 Å². The van der Waals surface area contributed by atoms with Gasteiger partial charge in [-0.3, -0.25) is 4.68 Å². The highest BCUT2D eigenvalue weighted by Gasteiger charge is 2.29. The molecule has 1 aliphatic heterocycles. The summed E-state index contributed by atoms with van der Waals surface area (Å²) in [5.74, 6) is 0. The van der Waals surface area contributed by atoms with Crippen molar-refractivity contribution in [2.45, 2.75) is 39.3 Å². The summed E-state index contributed by atoms with van der Waals surface area (Å²) in [5.41, 5.74) is 2.68. The second-order valence-corrected chi connectivity index (χ2v) is 7.13. The van der Waals surface area contributed by atoms with E-state index in [0.29, 0.717) is 19.5 Å². The highest BCUT2D eigenvalue weighted by Crippen LogP contribution is 2.28. The average molecular weight is 350 g/mol. The molecule has 0 bridgehead atoms. The van der Waals surface area contributed by atoms with Crippen molar-refractivity contribution in [1.29, 1.82) is 0 Å². The number of aromatic nitrogens is 4. The van der Waals surface area contributed by atoms with E-state index in [1.54, 1.807) is 9.58 Å². The topological polar surface area (TPSA) is 73.1 Å². The Labute approximate surface area is 145 Å². The molecule has 3 rings (SSSR count). The number of carbonyl (C=O) groups excluding carboxylic acids is 1. The molecule has 0 unspecified atom stereocenters. The molecular formula is C16H20ClN5O2. The number of hydrogen-bond acceptors (Lipinski definition) is 5. The smallest absolute Gasteiger partial charge is 0.410 e. The number of amides is 1. The molecule has 8 heteroatoms. The first kappa shape index (κ1) is 16.7. The number of fused-ring (bicyclic) bond motifs is 1. The van der Waals surface area contributed by atoms with Crippen molar-refractivity contribution in [3.63, 3.8) is 0 Å². The largest absolute Gasteiger partial charge is 0.444 e. The Hall–Kier alpha value is -2.15. The first-order chi connectivity index (χ1) is 11.2. The molecule has 0 aliphatic carbocycles. The minimum atomic E-state index is -0.528. The van der Waals surface area contributed by atoms with Crippen LogP contribution < -0.4 is 0 Å². The van der Waals surface area contributed by atoms with Gasteiger partial charge in [0, 0.05) is 25.4 Å². The molecule has 2 aromatic rings. The maximum absolute atomic E-state index is 12.3. The summed E-state index contributed by atoms with van der Waals surface area (Å²) in [6.45, 7) is 6.45. The molecule has 0 spiro atoms. The van der Waals surface area contributed by atoms with Crippen LogP contribution in [0.4, 0.5) is 4.79 Å². The molecule has 3 heterocycles. The fourth-order valence-corrected chi connectivity index (χ4v) is 2.82. The number of nitrogens with zero attached hydrogens (tertiary/aromatic N) is 5. The van der Waals surface area contributed by atoms with Crippen molar-refractivity contribution in [2.24, 2.45) is 7.05 Å². The van der Waals surface area contributed by atoms with Crippen molar-refractivity contribution in [3.8, 4) is 11.4 Å². The van der Waals surface area contributed by atoms with E-state index < -0.39 is 5.60 Å². The SMILES string of the molecule is Cn1ccc(-c2nc(Cl)nc3c2CCN(C(=O)OC(C)(C)C)C3)n1. The predicted octanol–water partition coefficient (Wildman–Crippen LogP) is 2.82. The minimum Gasteiger partial charge on any atom is -0.444 e. The molecule has 0 saturated carbocycles. The second-order valence-electron chi connectivity index (χ2n) is 6.79. The number of ether oxygens (including phenoxy) is 1. The van der Waals surface area contributed by atoms with Crippen molar-refractivity contribution in [2.75, 3.05) is 6.54 Å². The van der Waals surface area contributed by atoms with Crippen LogP contribution in [-0.2, 0) is 24.8 Å². The monoisotopic (exact) mass is 349 g/mol. The van der Waals surface area contributed by atoms with Gasteiger partial charge in [0.15, 0.2) is 0 Å². The van der Waals surface area contributed by atoms with E-state index in [1.165, 1.54) is 0 Å². The quantitative estimate of drug-likeness (QED) is 0.740. The molecule has 7 nitrogen and oxygen atoms in total. The van der Waals surface area contributed by atoms with Crippen LogP contribution in [-0.4, -0.2) is 42.9 Å². The lowest BCUT2D eigenvalue weighted by molar-refractivity contribution is 0.0221. The van der Waals surface area contributed by atoms with Gasteiger partial charge < -0.3 is 9.64 Å². The van der Waals surface area contributed by atoms with Crippen molar-refractivity contribution < 1.29 is 9.53 Å². The number of aryl methyl sites for hydroxylation is 1. The number of hydrogen-bond donors (Lipinski definition) is 0. The summed E-state index contributed by atoms with van der Waals surface area (Å²) in [4.78, 5) is 22.6. The van der Waals surface area contributed by atoms with Crippen LogP contribution in [0.1, 0.15) is 32.0 Å². The fraction of sp³-hybridized carbons (Fsp3) is 0.500. The molecule has 0 fully saturated rings. The molecule has 0 saturated heterocycles. The Morgan fingerprint density at radius 2 is 2.08 bits per heavy atom. The second kappa shape index (κ2) is 6.05. The van der Waals surface area contributed by atoms with Gasteiger partial charge in [0.25, 0.3) is 0 Å². The van der Waals surface area contributed by atoms with Gasteiger partial charge in [0.1, 0.15) is 11.3 Å². The first-order valence-electron chi connectivity index (χ1n) is 7.76. The Morgan fingerprint density at radius 1 is 1.33 bits per heavy atom. The average Bonchev–Trinajstić information content (AvgIpc) is 2.90. The Morgan fingerprint density at radius 3 is 2.71 bits per heavy atom. The molecule has 1 aliphatic rings. The van der Waals surface area contributed by atoms with E-state index in [-0.39, 0.29) is 11.4 Å². The Bertz CT molecular complexity index is 781. The zero-order valence-electron chi connectivity index (χ0n) is 14.2. The van der Waals surface area contributed by atoms with Crippen molar-refractivity contribution in [3.05, 3.63) is 28.8 Å². The summed E-state index contributed by atoms with van der Waals surface area (Å²) < 4.78 is 7.15. The molecule has 128 valence electrons. The summed E-state index contributed by atoms with van der Waals surface area (Å²) >= 11 is 6.08. The van der Waals surface area contributed by atoms with Crippen molar-refractivity contribution >= 4 is 17.7 Å². The van der Waals surface area contributed by atoms with Gasteiger partial charge in [0.2, 0.25) is 5.28 Å². The third kappa shape index (κ3) is 3.51. The van der Waals surface area contributed by atoms with Gasteiger partial charge >= 0.3 is 6.09 Å². The normalized spacial score (nSPS) is 14.5. The lowest BCUT2D eigenvalue weighted by Crippen LogP contribution is -2.40. The van der Waals surface area contributed by atoms with Gasteiger partial charge in [-0.05, 0) is 44.9 Å². The van der Waals surface area contributed by atoms with E-state index in [2.05, 4.69) is 15.1 Å². The Balaban J connectivity index is 1.90. The van der Waals surface area contributed by atoms with Gasteiger partial charge in [-0.15, -0.1) is 0 Å². The van der Waals surface area contributed by atoms with Gasteiger partial charge in [-0.1, -0.05) is 0 Å². The summed E-state index contributed by atoms with van der Waals surface area (Å²) in [7, 11) is 1.85. The molecule has 0 aromatic carbocycles. The molecule has 1 amide bonds. The molecule has 2 aromatic heterocycles. The summed E-state index contributed by atoms with van der Waals surface area (Å²) in [6.07, 6.45) is 2.15. The van der Waals surface area contributed by atoms with Crippen LogP contribution >= 0.6 is 11.6 Å². The zero-order chi connectivity index (χ0) is 17.5. The molecule has 24 heavy (non-hydrogen) atoms. The third-order valence-electron chi connectivity index (χ3n) is 3.65. The zero-order valence-corrected chi connectivity index (χ0v) is 15.0. The first-order valence-corrected chi connectivity index (χ1v) is 8.14. The molecule has 0 N–H and O–H groups in total. The summed E-state index contributed by atoms with van der Waals surface area (Å²) in [6, 6.07) is 1.89. The predicted molar refractivity (Wildman–Crippen MR) is 89.6 cm³/mol. The fourth-order valence-electron chi connectivity index (χ4n) is 2.64. The molecular weight excluding hydrogens is 330 g/mol. The van der Waals surface area contributed by atoms with Crippen molar-refractivity contribution in [1.82, 2.24) is 24.6 Å². The van der Waals surface area contributed by atoms with Gasteiger partial charge in [0.05, 0.1) is 17.9 Å².